The molecule has 1 aliphatic heterocycles. The van der Waals surface area contributed by atoms with Gasteiger partial charge in [-0.25, -0.2) is 0 Å². The summed E-state index contributed by atoms with van der Waals surface area (Å²) in [6, 6.07) is 6.43. The maximum absolute atomic E-state index is 9.19. The number of aliphatic hydroxyl groups excluding tert-OH is 1. The van der Waals surface area contributed by atoms with E-state index in [1.807, 2.05) is 0 Å². The van der Waals surface area contributed by atoms with Gasteiger partial charge in [0, 0.05) is 18.8 Å². The summed E-state index contributed by atoms with van der Waals surface area (Å²) in [6.07, 6.45) is 6.74. The van der Waals surface area contributed by atoms with Crippen molar-refractivity contribution in [2.24, 2.45) is 0 Å². The van der Waals surface area contributed by atoms with E-state index in [1.165, 1.54) is 56.4 Å². The number of benzene rings is 1. The fourth-order valence-electron chi connectivity index (χ4n) is 2.56. The van der Waals surface area contributed by atoms with Crippen LogP contribution in [0, 0.1) is 6.92 Å². The average Bonchev–Trinajstić information content (AvgIpc) is 2.28. The smallest absolute Gasteiger partial charge is 0.0684 e. The Balaban J connectivity index is 2.11. The van der Waals surface area contributed by atoms with Gasteiger partial charge >= 0.3 is 0 Å². The Kier molecular flexibility index (Phi) is 4.43. The van der Waals surface area contributed by atoms with Crippen molar-refractivity contribution < 1.29 is 5.11 Å². The second-order valence-corrected chi connectivity index (χ2v) is 5.02. The fourth-order valence-corrected chi connectivity index (χ4v) is 2.56. The van der Waals surface area contributed by atoms with Crippen molar-refractivity contribution in [2.45, 2.75) is 45.6 Å². The summed E-state index contributed by atoms with van der Waals surface area (Å²) in [5.41, 5.74) is 3.56. The van der Waals surface area contributed by atoms with Crippen molar-refractivity contribution in [1.82, 2.24) is 0 Å². The maximum atomic E-state index is 9.19. The molecule has 0 radical (unpaired) electrons. The van der Waals surface area contributed by atoms with Crippen LogP contribution in [-0.4, -0.2) is 18.2 Å². The van der Waals surface area contributed by atoms with Crippen LogP contribution in [0.4, 0.5) is 5.69 Å². The molecule has 1 aromatic carbocycles. The van der Waals surface area contributed by atoms with E-state index in [-0.39, 0.29) is 6.61 Å². The molecule has 1 saturated heterocycles. The zero-order valence-electron chi connectivity index (χ0n) is 10.8. The van der Waals surface area contributed by atoms with Gasteiger partial charge in [0.2, 0.25) is 0 Å². The second-order valence-electron chi connectivity index (χ2n) is 5.02. The minimum Gasteiger partial charge on any atom is -0.392 e. The van der Waals surface area contributed by atoms with Crippen LogP contribution in [0.5, 0.6) is 0 Å². The predicted octanol–water partition coefficient (Wildman–Crippen LogP) is 3.26. The lowest BCUT2D eigenvalue weighted by Crippen LogP contribution is -2.27. The first-order valence-corrected chi connectivity index (χ1v) is 6.76. The third kappa shape index (κ3) is 3.22. The van der Waals surface area contributed by atoms with Crippen molar-refractivity contribution in [3.05, 3.63) is 29.3 Å². The molecule has 0 amide bonds. The number of hydrogen-bond donors (Lipinski definition) is 1. The monoisotopic (exact) mass is 233 g/mol. The molecule has 0 aromatic heterocycles. The van der Waals surface area contributed by atoms with E-state index in [0.717, 1.165) is 5.56 Å². The van der Waals surface area contributed by atoms with Gasteiger partial charge in [0.1, 0.15) is 0 Å². The highest BCUT2D eigenvalue weighted by Crippen LogP contribution is 2.22. The van der Waals surface area contributed by atoms with Gasteiger partial charge in [0.25, 0.3) is 0 Å². The number of aryl methyl sites for hydroxylation is 1. The largest absolute Gasteiger partial charge is 0.392 e. The standard InChI is InChI=1S/C15H23NO/c1-13-11-15(8-7-14(13)12-17)16-9-5-3-2-4-6-10-16/h7-8,11,17H,2-6,9-10,12H2,1H3. The van der Waals surface area contributed by atoms with Crippen LogP contribution in [0.3, 0.4) is 0 Å². The Morgan fingerprint density at radius 3 is 2.29 bits per heavy atom. The highest BCUT2D eigenvalue weighted by molar-refractivity contribution is 5.50. The van der Waals surface area contributed by atoms with Gasteiger partial charge in [-0.2, -0.15) is 0 Å². The Bertz CT molecular complexity index is 354. The van der Waals surface area contributed by atoms with Crippen LogP contribution < -0.4 is 4.90 Å². The summed E-state index contributed by atoms with van der Waals surface area (Å²) in [4.78, 5) is 2.49. The van der Waals surface area contributed by atoms with Crippen LogP contribution >= 0.6 is 0 Å². The van der Waals surface area contributed by atoms with E-state index in [2.05, 4.69) is 30.0 Å². The van der Waals surface area contributed by atoms with E-state index in [1.54, 1.807) is 0 Å². The van der Waals surface area contributed by atoms with Crippen LogP contribution in [-0.2, 0) is 6.61 Å². The normalized spacial score (nSPS) is 17.6. The number of anilines is 1. The maximum Gasteiger partial charge on any atom is 0.0684 e. The van der Waals surface area contributed by atoms with E-state index in [4.69, 9.17) is 0 Å². The number of aliphatic hydroxyl groups is 1. The first-order chi connectivity index (χ1) is 8.31. The van der Waals surface area contributed by atoms with Gasteiger partial charge < -0.3 is 10.0 Å². The summed E-state index contributed by atoms with van der Waals surface area (Å²) in [5, 5.41) is 9.19. The van der Waals surface area contributed by atoms with E-state index >= 15 is 0 Å². The van der Waals surface area contributed by atoms with Gasteiger partial charge in [-0.3, -0.25) is 0 Å². The van der Waals surface area contributed by atoms with Gasteiger partial charge in [-0.05, 0) is 43.0 Å². The van der Waals surface area contributed by atoms with Gasteiger partial charge in [0.15, 0.2) is 0 Å². The third-order valence-electron chi connectivity index (χ3n) is 3.72. The molecular formula is C15H23NO. The molecular weight excluding hydrogens is 210 g/mol. The van der Waals surface area contributed by atoms with E-state index in [9.17, 15) is 5.11 Å². The first kappa shape index (κ1) is 12.4. The molecule has 0 bridgehead atoms. The Hall–Kier alpha value is -1.02. The molecule has 1 aromatic rings. The minimum atomic E-state index is 0.145. The molecule has 94 valence electrons. The molecule has 0 unspecified atom stereocenters. The molecule has 0 spiro atoms. The molecule has 2 heteroatoms. The topological polar surface area (TPSA) is 23.5 Å². The average molecular weight is 233 g/mol. The molecule has 1 aliphatic rings. The second kappa shape index (κ2) is 6.06. The van der Waals surface area contributed by atoms with Crippen LogP contribution in [0.15, 0.2) is 18.2 Å². The fraction of sp³-hybridized carbons (Fsp3) is 0.600. The van der Waals surface area contributed by atoms with Crippen molar-refractivity contribution >= 4 is 5.69 Å². The van der Waals surface area contributed by atoms with Crippen LogP contribution in [0.2, 0.25) is 0 Å². The minimum absolute atomic E-state index is 0.145. The Morgan fingerprint density at radius 2 is 1.71 bits per heavy atom. The molecule has 0 saturated carbocycles. The predicted molar refractivity (Wildman–Crippen MR) is 72.4 cm³/mol. The van der Waals surface area contributed by atoms with E-state index in [0.29, 0.717) is 0 Å². The summed E-state index contributed by atoms with van der Waals surface area (Å²) in [5.74, 6) is 0. The zero-order valence-corrected chi connectivity index (χ0v) is 10.8. The summed E-state index contributed by atoms with van der Waals surface area (Å²) in [6.45, 7) is 4.58. The zero-order chi connectivity index (χ0) is 12.1. The van der Waals surface area contributed by atoms with Crippen molar-refractivity contribution in [3.63, 3.8) is 0 Å². The van der Waals surface area contributed by atoms with Crippen molar-refractivity contribution in [1.29, 1.82) is 0 Å². The summed E-state index contributed by atoms with van der Waals surface area (Å²) >= 11 is 0. The Labute approximate surface area is 104 Å². The Morgan fingerprint density at radius 1 is 1.06 bits per heavy atom. The molecule has 2 rings (SSSR count). The van der Waals surface area contributed by atoms with Crippen LogP contribution in [0.25, 0.3) is 0 Å². The lowest BCUT2D eigenvalue weighted by Gasteiger charge is -2.27. The van der Waals surface area contributed by atoms with Crippen molar-refractivity contribution in [2.75, 3.05) is 18.0 Å². The number of hydrogen-bond acceptors (Lipinski definition) is 2. The SMILES string of the molecule is Cc1cc(N2CCCCCCC2)ccc1CO. The number of nitrogens with zero attached hydrogens (tertiary/aromatic N) is 1. The molecule has 0 aliphatic carbocycles. The molecule has 1 N–H and O–H groups in total. The van der Waals surface area contributed by atoms with Gasteiger partial charge in [-0.1, -0.05) is 25.3 Å². The summed E-state index contributed by atoms with van der Waals surface area (Å²) in [7, 11) is 0. The van der Waals surface area contributed by atoms with Crippen molar-refractivity contribution in [3.8, 4) is 0 Å². The van der Waals surface area contributed by atoms with E-state index < -0.39 is 0 Å². The quantitative estimate of drug-likeness (QED) is 0.847. The van der Waals surface area contributed by atoms with Gasteiger partial charge in [-0.15, -0.1) is 0 Å². The lowest BCUT2D eigenvalue weighted by atomic mass is 10.1. The highest BCUT2D eigenvalue weighted by Gasteiger charge is 2.09. The van der Waals surface area contributed by atoms with Gasteiger partial charge in [0.05, 0.1) is 6.61 Å². The first-order valence-electron chi connectivity index (χ1n) is 6.76. The molecule has 0 atom stereocenters. The lowest BCUT2D eigenvalue weighted by molar-refractivity contribution is 0.281. The molecule has 1 fully saturated rings. The highest BCUT2D eigenvalue weighted by atomic mass is 16.3. The van der Waals surface area contributed by atoms with Crippen LogP contribution in [0.1, 0.15) is 43.2 Å². The molecule has 17 heavy (non-hydrogen) atoms. The number of rotatable bonds is 2. The molecule has 2 nitrogen and oxygen atoms in total. The third-order valence-corrected chi connectivity index (χ3v) is 3.72. The molecule has 1 heterocycles. The summed E-state index contributed by atoms with van der Waals surface area (Å²) < 4.78 is 0.